The SMILES string of the molecule is CSCC(C)CNC(=O)NCCCC(=O)O. The van der Waals surface area contributed by atoms with Crippen molar-refractivity contribution in [1.29, 1.82) is 0 Å². The average molecular weight is 248 g/mol. The van der Waals surface area contributed by atoms with E-state index in [2.05, 4.69) is 17.6 Å². The van der Waals surface area contributed by atoms with Crippen LogP contribution in [0.1, 0.15) is 19.8 Å². The standard InChI is InChI=1S/C10H20N2O3S/c1-8(7-16-2)6-12-10(15)11-5-3-4-9(13)14/h8H,3-7H2,1-2H3,(H,13,14)(H2,11,12,15). The summed E-state index contributed by atoms with van der Waals surface area (Å²) in [5, 5.41) is 13.7. The lowest BCUT2D eigenvalue weighted by Gasteiger charge is -2.11. The van der Waals surface area contributed by atoms with E-state index in [0.29, 0.717) is 25.4 Å². The van der Waals surface area contributed by atoms with Crippen molar-refractivity contribution in [3.05, 3.63) is 0 Å². The molecule has 16 heavy (non-hydrogen) atoms. The van der Waals surface area contributed by atoms with Gasteiger partial charge in [-0.25, -0.2) is 4.79 Å². The molecule has 0 aromatic heterocycles. The Morgan fingerprint density at radius 2 is 2.06 bits per heavy atom. The number of nitrogens with one attached hydrogen (secondary N) is 2. The maximum Gasteiger partial charge on any atom is 0.314 e. The van der Waals surface area contributed by atoms with Crippen LogP contribution in [0.3, 0.4) is 0 Å². The quantitative estimate of drug-likeness (QED) is 0.563. The highest BCUT2D eigenvalue weighted by molar-refractivity contribution is 7.98. The molecule has 3 N–H and O–H groups in total. The average Bonchev–Trinajstić information content (AvgIpc) is 2.22. The first-order valence-corrected chi connectivity index (χ1v) is 6.68. The molecule has 1 atom stereocenters. The molecule has 0 aliphatic carbocycles. The Kier molecular flexibility index (Phi) is 8.80. The highest BCUT2D eigenvalue weighted by atomic mass is 32.2. The van der Waals surface area contributed by atoms with Gasteiger partial charge in [-0.1, -0.05) is 6.92 Å². The first-order valence-electron chi connectivity index (χ1n) is 5.28. The van der Waals surface area contributed by atoms with Gasteiger partial charge in [-0.2, -0.15) is 11.8 Å². The molecule has 0 aromatic rings. The smallest absolute Gasteiger partial charge is 0.314 e. The Labute approximate surface area is 100 Å². The third-order valence-electron chi connectivity index (χ3n) is 1.92. The summed E-state index contributed by atoms with van der Waals surface area (Å²) in [5.74, 6) is 0.620. The van der Waals surface area contributed by atoms with Gasteiger partial charge in [0.25, 0.3) is 0 Å². The third-order valence-corrected chi connectivity index (χ3v) is 2.82. The number of carboxylic acid groups (broad SMARTS) is 1. The number of carbonyl (C=O) groups excluding carboxylic acids is 1. The topological polar surface area (TPSA) is 78.4 Å². The molecule has 5 nitrogen and oxygen atoms in total. The minimum absolute atomic E-state index is 0.0865. The largest absolute Gasteiger partial charge is 0.481 e. The first-order chi connectivity index (χ1) is 7.56. The number of rotatable bonds is 8. The number of carboxylic acids is 1. The van der Waals surface area contributed by atoms with E-state index in [4.69, 9.17) is 5.11 Å². The van der Waals surface area contributed by atoms with Crippen LogP contribution in [-0.2, 0) is 4.79 Å². The van der Waals surface area contributed by atoms with Crippen LogP contribution in [0.15, 0.2) is 0 Å². The molecule has 0 aliphatic heterocycles. The third kappa shape index (κ3) is 9.64. The summed E-state index contributed by atoms with van der Waals surface area (Å²) in [6.07, 6.45) is 2.58. The Hall–Kier alpha value is -0.910. The Morgan fingerprint density at radius 3 is 2.62 bits per heavy atom. The van der Waals surface area contributed by atoms with Crippen molar-refractivity contribution < 1.29 is 14.7 Å². The molecule has 0 saturated heterocycles. The van der Waals surface area contributed by atoms with Crippen LogP contribution in [-0.4, -0.2) is 42.2 Å². The molecular formula is C10H20N2O3S. The van der Waals surface area contributed by atoms with Gasteiger partial charge in [0.15, 0.2) is 0 Å². The Balaban J connectivity index is 3.41. The van der Waals surface area contributed by atoms with Crippen molar-refractivity contribution in [2.75, 3.05) is 25.1 Å². The molecule has 94 valence electrons. The van der Waals surface area contributed by atoms with Gasteiger partial charge >= 0.3 is 12.0 Å². The lowest BCUT2D eigenvalue weighted by Crippen LogP contribution is -2.38. The summed E-state index contributed by atoms with van der Waals surface area (Å²) < 4.78 is 0. The van der Waals surface area contributed by atoms with Gasteiger partial charge in [0, 0.05) is 19.5 Å². The van der Waals surface area contributed by atoms with Crippen LogP contribution in [0, 0.1) is 5.92 Å². The molecular weight excluding hydrogens is 228 g/mol. The zero-order valence-corrected chi connectivity index (χ0v) is 10.6. The minimum atomic E-state index is -0.837. The number of hydrogen-bond acceptors (Lipinski definition) is 3. The molecule has 2 amide bonds. The van der Waals surface area contributed by atoms with Gasteiger partial charge in [0.05, 0.1) is 0 Å². The fourth-order valence-electron chi connectivity index (χ4n) is 1.11. The molecule has 0 aromatic carbocycles. The monoisotopic (exact) mass is 248 g/mol. The zero-order valence-electron chi connectivity index (χ0n) is 9.78. The van der Waals surface area contributed by atoms with Crippen LogP contribution in [0.5, 0.6) is 0 Å². The maximum absolute atomic E-state index is 11.2. The van der Waals surface area contributed by atoms with Crippen LogP contribution in [0.4, 0.5) is 4.79 Å². The van der Waals surface area contributed by atoms with E-state index >= 15 is 0 Å². The van der Waals surface area contributed by atoms with Gasteiger partial charge < -0.3 is 15.7 Å². The van der Waals surface area contributed by atoms with Crippen molar-refractivity contribution in [2.45, 2.75) is 19.8 Å². The second-order valence-electron chi connectivity index (χ2n) is 3.69. The molecule has 0 saturated carbocycles. The normalized spacial score (nSPS) is 11.9. The summed E-state index contributed by atoms with van der Waals surface area (Å²) in [5.41, 5.74) is 0. The van der Waals surface area contributed by atoms with E-state index in [1.165, 1.54) is 0 Å². The summed E-state index contributed by atoms with van der Waals surface area (Å²) in [6.45, 7) is 3.11. The van der Waals surface area contributed by atoms with Crippen molar-refractivity contribution in [3.8, 4) is 0 Å². The number of aliphatic carboxylic acids is 1. The van der Waals surface area contributed by atoms with Crippen molar-refractivity contribution in [1.82, 2.24) is 10.6 Å². The van der Waals surface area contributed by atoms with Crippen molar-refractivity contribution >= 4 is 23.8 Å². The zero-order chi connectivity index (χ0) is 12.4. The molecule has 1 unspecified atom stereocenters. The predicted molar refractivity (Wildman–Crippen MR) is 65.8 cm³/mol. The van der Waals surface area contributed by atoms with E-state index in [0.717, 1.165) is 5.75 Å². The van der Waals surface area contributed by atoms with Gasteiger partial charge in [0.1, 0.15) is 0 Å². The number of thioether (sulfide) groups is 1. The first kappa shape index (κ1) is 15.1. The van der Waals surface area contributed by atoms with E-state index in [9.17, 15) is 9.59 Å². The second-order valence-corrected chi connectivity index (χ2v) is 4.61. The Bertz CT molecular complexity index is 224. The number of hydrogen-bond donors (Lipinski definition) is 3. The molecule has 0 rings (SSSR count). The highest BCUT2D eigenvalue weighted by Crippen LogP contribution is 2.02. The van der Waals surface area contributed by atoms with Crippen LogP contribution in [0.2, 0.25) is 0 Å². The fraction of sp³-hybridized carbons (Fsp3) is 0.800. The van der Waals surface area contributed by atoms with Crippen molar-refractivity contribution in [3.63, 3.8) is 0 Å². The van der Waals surface area contributed by atoms with Crippen LogP contribution in [0.25, 0.3) is 0 Å². The molecule has 0 fully saturated rings. The molecule has 0 spiro atoms. The predicted octanol–water partition coefficient (Wildman–Crippen LogP) is 1.15. The summed E-state index contributed by atoms with van der Waals surface area (Å²) >= 11 is 1.75. The Morgan fingerprint density at radius 1 is 1.38 bits per heavy atom. The van der Waals surface area contributed by atoms with E-state index in [1.807, 2.05) is 6.26 Å². The van der Waals surface area contributed by atoms with Gasteiger partial charge in [0.2, 0.25) is 0 Å². The summed E-state index contributed by atoms with van der Waals surface area (Å²) in [7, 11) is 0. The lowest BCUT2D eigenvalue weighted by atomic mass is 10.2. The highest BCUT2D eigenvalue weighted by Gasteiger charge is 2.04. The van der Waals surface area contributed by atoms with Gasteiger partial charge in [-0.15, -0.1) is 0 Å². The van der Waals surface area contributed by atoms with Crippen LogP contribution >= 0.6 is 11.8 Å². The van der Waals surface area contributed by atoms with Gasteiger partial charge in [-0.05, 0) is 24.3 Å². The molecule has 0 bridgehead atoms. The molecule has 0 heterocycles. The number of amides is 2. The van der Waals surface area contributed by atoms with E-state index < -0.39 is 5.97 Å². The molecule has 0 radical (unpaired) electrons. The van der Waals surface area contributed by atoms with E-state index in [-0.39, 0.29) is 12.5 Å². The number of urea groups is 1. The van der Waals surface area contributed by atoms with Gasteiger partial charge in [-0.3, -0.25) is 4.79 Å². The minimum Gasteiger partial charge on any atom is -0.481 e. The van der Waals surface area contributed by atoms with Crippen molar-refractivity contribution in [2.24, 2.45) is 5.92 Å². The summed E-state index contributed by atoms with van der Waals surface area (Å²) in [6, 6.07) is -0.224. The number of carbonyl (C=O) groups is 2. The lowest BCUT2D eigenvalue weighted by molar-refractivity contribution is -0.137. The second kappa shape index (κ2) is 9.33. The molecule has 0 aliphatic rings. The summed E-state index contributed by atoms with van der Waals surface area (Å²) in [4.78, 5) is 21.4. The fourth-order valence-corrected chi connectivity index (χ4v) is 1.80. The van der Waals surface area contributed by atoms with Crippen LogP contribution < -0.4 is 10.6 Å². The maximum atomic E-state index is 11.2. The molecule has 6 heteroatoms. The van der Waals surface area contributed by atoms with E-state index in [1.54, 1.807) is 11.8 Å².